The topological polar surface area (TPSA) is 34.9 Å². The Labute approximate surface area is 170 Å². The predicted octanol–water partition coefficient (Wildman–Crippen LogP) is 5.65. The van der Waals surface area contributed by atoms with Crippen LogP contribution in [-0.4, -0.2) is 19.0 Å². The molecule has 0 N–H and O–H groups in total. The minimum absolute atomic E-state index is 0.155. The van der Waals surface area contributed by atoms with Crippen LogP contribution in [0.3, 0.4) is 0 Å². The quantitative estimate of drug-likeness (QED) is 0.488. The summed E-state index contributed by atoms with van der Waals surface area (Å²) in [7, 11) is -1.35. The largest absolute Gasteiger partial charge is 0.336 e. The Bertz CT molecular complexity index is 862. The average Bonchev–Trinajstić information content (AvgIpc) is 3.13. The Morgan fingerprint density at radius 1 is 1.04 bits per heavy atom. The van der Waals surface area contributed by atoms with Crippen molar-refractivity contribution in [3.63, 3.8) is 0 Å². The van der Waals surface area contributed by atoms with Gasteiger partial charge in [-0.1, -0.05) is 53.0 Å². The van der Waals surface area contributed by atoms with E-state index in [-0.39, 0.29) is 5.25 Å². The molecule has 2 unspecified atom stereocenters. The fourth-order valence-corrected chi connectivity index (χ4v) is 5.19. The van der Waals surface area contributed by atoms with E-state index in [4.69, 9.17) is 34.8 Å². The van der Waals surface area contributed by atoms with Crippen LogP contribution in [-0.2, 0) is 23.8 Å². The third kappa shape index (κ3) is 4.89. The molecule has 0 saturated heterocycles. The molecule has 1 heterocycles. The van der Waals surface area contributed by atoms with Crippen molar-refractivity contribution in [3.8, 4) is 0 Å². The van der Waals surface area contributed by atoms with Crippen LogP contribution >= 0.6 is 34.8 Å². The zero-order valence-electron chi connectivity index (χ0n) is 13.8. The Kier molecular flexibility index (Phi) is 6.76. The highest BCUT2D eigenvalue weighted by molar-refractivity contribution is 7.86. The zero-order chi connectivity index (χ0) is 18.5. The molecule has 3 nitrogen and oxygen atoms in total. The third-order valence-corrected chi connectivity index (χ3v) is 7.00. The van der Waals surface area contributed by atoms with Crippen LogP contribution < -0.4 is 0 Å². The number of nitrogens with zero attached hydrogens (tertiary/aromatic N) is 2. The molecular formula is C19H17Cl3N2OS. The van der Waals surface area contributed by atoms with Crippen molar-refractivity contribution in [2.75, 3.05) is 0 Å². The van der Waals surface area contributed by atoms with E-state index in [1.54, 1.807) is 30.7 Å². The van der Waals surface area contributed by atoms with E-state index < -0.39 is 10.8 Å². The number of aromatic nitrogens is 2. The van der Waals surface area contributed by atoms with Crippen molar-refractivity contribution in [1.82, 2.24) is 9.55 Å². The molecule has 2 aromatic carbocycles. The summed E-state index contributed by atoms with van der Waals surface area (Å²) in [5.74, 6) is 0. The van der Waals surface area contributed by atoms with E-state index in [0.717, 1.165) is 12.0 Å². The lowest BCUT2D eigenvalue weighted by atomic mass is 10.1. The highest BCUT2D eigenvalue weighted by atomic mass is 35.5. The molecule has 136 valence electrons. The van der Waals surface area contributed by atoms with Gasteiger partial charge in [0.25, 0.3) is 0 Å². The van der Waals surface area contributed by atoms with Crippen LogP contribution in [0, 0.1) is 0 Å². The fraction of sp³-hybridized carbons (Fsp3) is 0.211. The van der Waals surface area contributed by atoms with Crippen LogP contribution in [0.1, 0.15) is 12.0 Å². The van der Waals surface area contributed by atoms with Gasteiger partial charge < -0.3 is 4.57 Å². The SMILES string of the molecule is O=S(c1c(Cl)cccc1Cl)C(CCc1ccc(Cl)cc1)Cn1ccnc1. The van der Waals surface area contributed by atoms with Gasteiger partial charge in [0.2, 0.25) is 0 Å². The third-order valence-electron chi connectivity index (χ3n) is 4.06. The maximum atomic E-state index is 13.3. The van der Waals surface area contributed by atoms with Gasteiger partial charge in [0, 0.05) is 24.0 Å². The van der Waals surface area contributed by atoms with Crippen LogP contribution in [0.25, 0.3) is 0 Å². The number of aryl methyl sites for hydroxylation is 1. The first-order valence-electron chi connectivity index (χ1n) is 8.09. The second kappa shape index (κ2) is 9.05. The summed E-state index contributed by atoms with van der Waals surface area (Å²) in [4.78, 5) is 4.56. The minimum atomic E-state index is -1.35. The van der Waals surface area contributed by atoms with Crippen molar-refractivity contribution >= 4 is 45.6 Å². The van der Waals surface area contributed by atoms with Gasteiger partial charge in [0.15, 0.2) is 0 Å². The first-order chi connectivity index (χ1) is 12.5. The number of hydrogen-bond acceptors (Lipinski definition) is 2. The number of benzene rings is 2. The minimum Gasteiger partial charge on any atom is -0.336 e. The van der Waals surface area contributed by atoms with Gasteiger partial charge in [-0.15, -0.1) is 0 Å². The van der Waals surface area contributed by atoms with E-state index in [0.29, 0.717) is 32.9 Å². The monoisotopic (exact) mass is 426 g/mol. The summed E-state index contributed by atoms with van der Waals surface area (Å²) in [5.41, 5.74) is 1.15. The Morgan fingerprint density at radius 3 is 2.35 bits per heavy atom. The van der Waals surface area contributed by atoms with E-state index in [9.17, 15) is 4.21 Å². The van der Waals surface area contributed by atoms with E-state index >= 15 is 0 Å². The number of rotatable bonds is 7. The highest BCUT2D eigenvalue weighted by Gasteiger charge is 2.23. The second-order valence-electron chi connectivity index (χ2n) is 5.89. The predicted molar refractivity (Wildman–Crippen MR) is 109 cm³/mol. The highest BCUT2D eigenvalue weighted by Crippen LogP contribution is 2.31. The molecule has 1 aromatic heterocycles. The Morgan fingerprint density at radius 2 is 1.73 bits per heavy atom. The molecule has 0 aliphatic heterocycles. The van der Waals surface area contributed by atoms with Crippen molar-refractivity contribution < 1.29 is 4.21 Å². The van der Waals surface area contributed by atoms with E-state index in [2.05, 4.69) is 4.98 Å². The molecule has 3 rings (SSSR count). The maximum Gasteiger partial charge on any atom is 0.0946 e. The average molecular weight is 428 g/mol. The number of hydrogen-bond donors (Lipinski definition) is 0. The molecule has 26 heavy (non-hydrogen) atoms. The van der Waals surface area contributed by atoms with Gasteiger partial charge in [-0.2, -0.15) is 0 Å². The van der Waals surface area contributed by atoms with Crippen LogP contribution in [0.15, 0.2) is 66.1 Å². The van der Waals surface area contributed by atoms with Gasteiger partial charge >= 0.3 is 0 Å². The molecule has 0 bridgehead atoms. The van der Waals surface area contributed by atoms with Gasteiger partial charge in [-0.05, 0) is 42.7 Å². The lowest BCUT2D eigenvalue weighted by Crippen LogP contribution is -2.23. The first kappa shape index (κ1) is 19.4. The van der Waals surface area contributed by atoms with Crippen molar-refractivity contribution in [1.29, 1.82) is 0 Å². The summed E-state index contributed by atoms with van der Waals surface area (Å²) >= 11 is 18.5. The van der Waals surface area contributed by atoms with Crippen LogP contribution in [0.4, 0.5) is 0 Å². The molecule has 0 aliphatic rings. The summed E-state index contributed by atoms with van der Waals surface area (Å²) < 4.78 is 15.2. The fourth-order valence-electron chi connectivity index (χ4n) is 2.72. The molecule has 3 aromatic rings. The van der Waals surface area contributed by atoms with Gasteiger partial charge in [0.1, 0.15) is 0 Å². The van der Waals surface area contributed by atoms with E-state index in [1.807, 2.05) is 35.0 Å². The van der Waals surface area contributed by atoms with Crippen molar-refractivity contribution in [3.05, 3.63) is 81.8 Å². The van der Waals surface area contributed by atoms with Crippen LogP contribution in [0.5, 0.6) is 0 Å². The van der Waals surface area contributed by atoms with Gasteiger partial charge in [-0.3, -0.25) is 4.21 Å². The molecule has 0 amide bonds. The summed E-state index contributed by atoms with van der Waals surface area (Å²) in [6.07, 6.45) is 6.79. The molecule has 0 fully saturated rings. The normalized spacial score (nSPS) is 13.5. The molecule has 0 spiro atoms. The lowest BCUT2D eigenvalue weighted by molar-refractivity contribution is 0.594. The number of halogens is 3. The molecule has 0 saturated carbocycles. The molecule has 0 radical (unpaired) electrons. The molecular weight excluding hydrogens is 411 g/mol. The summed E-state index contributed by atoms with van der Waals surface area (Å²) in [5, 5.41) is 1.41. The van der Waals surface area contributed by atoms with Crippen molar-refractivity contribution in [2.45, 2.75) is 29.5 Å². The summed E-state index contributed by atoms with van der Waals surface area (Å²) in [6, 6.07) is 12.9. The zero-order valence-corrected chi connectivity index (χ0v) is 16.9. The van der Waals surface area contributed by atoms with Crippen molar-refractivity contribution in [2.24, 2.45) is 0 Å². The maximum absolute atomic E-state index is 13.3. The second-order valence-corrected chi connectivity index (χ2v) is 8.82. The standard InChI is InChI=1S/C19H17Cl3N2OS/c20-15-7-4-14(5-8-15)6-9-16(12-24-11-10-23-13-24)26(25)19-17(21)2-1-3-18(19)22/h1-5,7-8,10-11,13,16H,6,9,12H2. The first-order valence-corrected chi connectivity index (χ1v) is 10.4. The van der Waals surface area contributed by atoms with Gasteiger partial charge in [0.05, 0.1) is 37.3 Å². The Hall–Kier alpha value is -1.33. The smallest absolute Gasteiger partial charge is 0.0946 e. The van der Waals surface area contributed by atoms with Gasteiger partial charge in [-0.25, -0.2) is 4.98 Å². The van der Waals surface area contributed by atoms with Crippen LogP contribution in [0.2, 0.25) is 15.1 Å². The van der Waals surface area contributed by atoms with E-state index in [1.165, 1.54) is 0 Å². The lowest BCUT2D eigenvalue weighted by Gasteiger charge is -2.19. The molecule has 0 aliphatic carbocycles. The molecule has 2 atom stereocenters. The summed E-state index contributed by atoms with van der Waals surface area (Å²) in [6.45, 7) is 0.571. The number of imidazole rings is 1. The molecule has 7 heteroatoms. The Balaban J connectivity index is 1.82.